The molecule has 0 bridgehead atoms. The van der Waals surface area contributed by atoms with E-state index >= 15 is 0 Å². The van der Waals surface area contributed by atoms with Crippen LogP contribution in [0.3, 0.4) is 0 Å². The van der Waals surface area contributed by atoms with E-state index in [4.69, 9.17) is 9.47 Å². The first-order chi connectivity index (χ1) is 9.80. The number of para-hydroxylation sites is 1. The molecule has 0 aliphatic carbocycles. The van der Waals surface area contributed by atoms with Crippen LogP contribution in [0.15, 0.2) is 24.3 Å². The van der Waals surface area contributed by atoms with Gasteiger partial charge in [-0.1, -0.05) is 32.0 Å². The summed E-state index contributed by atoms with van der Waals surface area (Å²) in [6.45, 7) is 6.36. The van der Waals surface area contributed by atoms with Gasteiger partial charge in [-0.15, -0.1) is 0 Å². The fourth-order valence-corrected chi connectivity index (χ4v) is 3.10. The maximum Gasteiger partial charge on any atom is 0.123 e. The summed E-state index contributed by atoms with van der Waals surface area (Å²) in [6.07, 6.45) is 3.77. The van der Waals surface area contributed by atoms with Crippen LogP contribution >= 0.6 is 0 Å². The van der Waals surface area contributed by atoms with Crippen LogP contribution in [0, 0.1) is 5.92 Å². The molecule has 1 aliphatic rings. The van der Waals surface area contributed by atoms with Crippen molar-refractivity contribution < 1.29 is 9.47 Å². The minimum atomic E-state index is 0.351. The zero-order valence-corrected chi connectivity index (χ0v) is 12.9. The lowest BCUT2D eigenvalue weighted by Gasteiger charge is -2.23. The maximum absolute atomic E-state index is 5.77. The smallest absolute Gasteiger partial charge is 0.123 e. The fraction of sp³-hybridized carbons (Fsp3) is 0.647. The number of methoxy groups -OCH3 is 1. The van der Waals surface area contributed by atoms with E-state index < -0.39 is 0 Å². The molecule has 0 amide bonds. The van der Waals surface area contributed by atoms with Gasteiger partial charge < -0.3 is 14.8 Å². The topological polar surface area (TPSA) is 30.5 Å². The molecule has 3 atom stereocenters. The minimum absolute atomic E-state index is 0.351. The molecule has 3 unspecified atom stereocenters. The molecule has 2 rings (SSSR count). The average Bonchev–Trinajstić information content (AvgIpc) is 2.96. The number of rotatable bonds is 7. The predicted molar refractivity (Wildman–Crippen MR) is 82.2 cm³/mol. The summed E-state index contributed by atoms with van der Waals surface area (Å²) in [6, 6.07) is 8.64. The molecule has 1 N–H and O–H groups in total. The van der Waals surface area contributed by atoms with Crippen molar-refractivity contribution in [1.29, 1.82) is 0 Å². The molecule has 0 saturated carbocycles. The Morgan fingerprint density at radius 1 is 1.35 bits per heavy atom. The van der Waals surface area contributed by atoms with E-state index in [9.17, 15) is 0 Å². The lowest BCUT2D eigenvalue weighted by atomic mass is 9.97. The maximum atomic E-state index is 5.77. The number of ether oxygens (including phenoxy) is 2. The zero-order valence-electron chi connectivity index (χ0n) is 12.9. The molecule has 112 valence electrons. The molecule has 1 fully saturated rings. The second-order valence-corrected chi connectivity index (χ2v) is 5.48. The number of nitrogens with one attached hydrogen (secondary N) is 1. The quantitative estimate of drug-likeness (QED) is 0.826. The highest BCUT2D eigenvalue weighted by atomic mass is 16.5. The molecule has 0 radical (unpaired) electrons. The van der Waals surface area contributed by atoms with Crippen LogP contribution in [-0.4, -0.2) is 26.4 Å². The van der Waals surface area contributed by atoms with Gasteiger partial charge in [-0.3, -0.25) is 0 Å². The Kier molecular flexibility index (Phi) is 5.86. The summed E-state index contributed by atoms with van der Waals surface area (Å²) in [7, 11) is 1.74. The van der Waals surface area contributed by atoms with Gasteiger partial charge in [-0.25, -0.2) is 0 Å². The number of hydrogen-bond donors (Lipinski definition) is 1. The van der Waals surface area contributed by atoms with Crippen molar-refractivity contribution in [1.82, 2.24) is 5.32 Å². The minimum Gasteiger partial charge on any atom is -0.496 e. The molecule has 1 aromatic rings. The van der Waals surface area contributed by atoms with E-state index in [2.05, 4.69) is 31.3 Å². The second kappa shape index (κ2) is 7.65. The summed E-state index contributed by atoms with van der Waals surface area (Å²) in [4.78, 5) is 0. The summed E-state index contributed by atoms with van der Waals surface area (Å²) >= 11 is 0. The van der Waals surface area contributed by atoms with Gasteiger partial charge in [0.15, 0.2) is 0 Å². The van der Waals surface area contributed by atoms with Crippen LogP contribution < -0.4 is 10.1 Å². The molecule has 1 aromatic carbocycles. The van der Waals surface area contributed by atoms with E-state index in [1.54, 1.807) is 7.11 Å². The SMILES string of the molecule is CCC(NCC1CCOC1CC)c1ccccc1OC. The molecule has 0 spiro atoms. The number of benzene rings is 1. The Morgan fingerprint density at radius 3 is 2.85 bits per heavy atom. The molecular formula is C17H27NO2. The van der Waals surface area contributed by atoms with Crippen LogP contribution in [-0.2, 0) is 4.74 Å². The zero-order chi connectivity index (χ0) is 14.4. The molecule has 1 aliphatic heterocycles. The largest absolute Gasteiger partial charge is 0.496 e. The van der Waals surface area contributed by atoms with Gasteiger partial charge in [-0.05, 0) is 31.2 Å². The molecule has 3 heteroatoms. The van der Waals surface area contributed by atoms with E-state index in [1.165, 1.54) is 12.0 Å². The third-order valence-corrected chi connectivity index (χ3v) is 4.30. The Hall–Kier alpha value is -1.06. The van der Waals surface area contributed by atoms with E-state index in [0.29, 0.717) is 18.1 Å². The highest BCUT2D eigenvalue weighted by Crippen LogP contribution is 2.28. The van der Waals surface area contributed by atoms with Crippen LogP contribution in [0.5, 0.6) is 5.75 Å². The van der Waals surface area contributed by atoms with E-state index in [-0.39, 0.29) is 0 Å². The van der Waals surface area contributed by atoms with Gasteiger partial charge in [-0.2, -0.15) is 0 Å². The third kappa shape index (κ3) is 3.53. The molecule has 20 heavy (non-hydrogen) atoms. The van der Waals surface area contributed by atoms with Gasteiger partial charge in [0, 0.05) is 24.8 Å². The standard InChI is InChI=1S/C17H27NO2/c1-4-15(14-8-6-7-9-17(14)19-3)18-12-13-10-11-20-16(13)5-2/h6-9,13,15-16,18H,4-5,10-12H2,1-3H3. The summed E-state index contributed by atoms with van der Waals surface area (Å²) in [5.41, 5.74) is 1.25. The van der Waals surface area contributed by atoms with Gasteiger partial charge in [0.2, 0.25) is 0 Å². The first-order valence-electron chi connectivity index (χ1n) is 7.78. The Bertz CT molecular complexity index is 408. The van der Waals surface area contributed by atoms with Crippen LogP contribution in [0.25, 0.3) is 0 Å². The van der Waals surface area contributed by atoms with Gasteiger partial charge in [0.25, 0.3) is 0 Å². The first kappa shape index (κ1) is 15.3. The van der Waals surface area contributed by atoms with Crippen molar-refractivity contribution in [3.8, 4) is 5.75 Å². The van der Waals surface area contributed by atoms with Crippen molar-refractivity contribution in [2.45, 2.75) is 45.3 Å². The Morgan fingerprint density at radius 2 is 2.15 bits per heavy atom. The normalized spacial score (nSPS) is 23.8. The van der Waals surface area contributed by atoms with E-state index in [0.717, 1.165) is 31.7 Å². The van der Waals surface area contributed by atoms with Gasteiger partial charge in [0.1, 0.15) is 5.75 Å². The van der Waals surface area contributed by atoms with Crippen molar-refractivity contribution in [3.63, 3.8) is 0 Å². The number of hydrogen-bond acceptors (Lipinski definition) is 3. The second-order valence-electron chi connectivity index (χ2n) is 5.48. The van der Waals surface area contributed by atoms with Crippen LogP contribution in [0.1, 0.15) is 44.7 Å². The van der Waals surface area contributed by atoms with Crippen molar-refractivity contribution in [2.24, 2.45) is 5.92 Å². The lowest BCUT2D eigenvalue weighted by Crippen LogP contribution is -2.31. The van der Waals surface area contributed by atoms with Crippen molar-refractivity contribution in [3.05, 3.63) is 29.8 Å². The predicted octanol–water partition coefficient (Wildman–Crippen LogP) is 3.55. The molecule has 1 saturated heterocycles. The fourth-order valence-electron chi connectivity index (χ4n) is 3.10. The average molecular weight is 277 g/mol. The van der Waals surface area contributed by atoms with Crippen molar-refractivity contribution >= 4 is 0 Å². The Labute approximate surface area is 122 Å². The first-order valence-corrected chi connectivity index (χ1v) is 7.78. The highest BCUT2D eigenvalue weighted by molar-refractivity contribution is 5.35. The van der Waals surface area contributed by atoms with E-state index in [1.807, 2.05) is 12.1 Å². The molecule has 3 nitrogen and oxygen atoms in total. The Balaban J connectivity index is 1.98. The summed E-state index contributed by atoms with van der Waals surface area (Å²) in [5, 5.41) is 3.71. The lowest BCUT2D eigenvalue weighted by molar-refractivity contribution is 0.0865. The van der Waals surface area contributed by atoms with Gasteiger partial charge >= 0.3 is 0 Å². The highest BCUT2D eigenvalue weighted by Gasteiger charge is 2.27. The third-order valence-electron chi connectivity index (χ3n) is 4.30. The molecule has 1 heterocycles. The van der Waals surface area contributed by atoms with Gasteiger partial charge in [0.05, 0.1) is 13.2 Å². The van der Waals surface area contributed by atoms with Crippen LogP contribution in [0.2, 0.25) is 0 Å². The molecule has 0 aromatic heterocycles. The monoisotopic (exact) mass is 277 g/mol. The summed E-state index contributed by atoms with van der Waals surface area (Å²) in [5.74, 6) is 1.62. The molecular weight excluding hydrogens is 250 g/mol. The van der Waals surface area contributed by atoms with Crippen LogP contribution in [0.4, 0.5) is 0 Å². The summed E-state index contributed by atoms with van der Waals surface area (Å²) < 4.78 is 11.2. The van der Waals surface area contributed by atoms with Crippen molar-refractivity contribution in [2.75, 3.05) is 20.3 Å².